The number of nitriles is 1. The average molecular weight is 497 g/mol. The smallest absolute Gasteiger partial charge is 0.339 e. The van der Waals surface area contributed by atoms with Crippen LogP contribution >= 0.6 is 15.9 Å². The van der Waals surface area contributed by atoms with Crippen LogP contribution in [0.15, 0.2) is 87.7 Å². The number of carbonyl (C=O) groups is 1. The second-order valence-electron chi connectivity index (χ2n) is 6.53. The molecule has 3 aromatic rings. The average Bonchev–Trinajstić information content (AvgIpc) is 2.74. The maximum Gasteiger partial charge on any atom is 0.339 e. The number of nitrogens with zero attached hydrogens (tertiary/aromatic N) is 1. The predicted molar refractivity (Wildman–Crippen MR) is 122 cm³/mol. The number of nitrogens with one attached hydrogen (secondary N) is 1. The van der Waals surface area contributed by atoms with Crippen LogP contribution in [0.25, 0.3) is 6.08 Å². The van der Waals surface area contributed by atoms with E-state index in [4.69, 9.17) is 4.18 Å². The lowest BCUT2D eigenvalue weighted by Crippen LogP contribution is -2.13. The van der Waals surface area contributed by atoms with Gasteiger partial charge < -0.3 is 9.50 Å². The Bertz CT molecular complexity index is 1290. The summed E-state index contributed by atoms with van der Waals surface area (Å²) in [4.78, 5) is 12.5. The molecule has 3 aromatic carbocycles. The number of aryl methyl sites for hydroxylation is 1. The molecule has 0 saturated heterocycles. The first-order valence-electron chi connectivity index (χ1n) is 9.07. The molecule has 1 amide bonds. The highest BCUT2D eigenvalue weighted by atomic mass is 79.9. The van der Waals surface area contributed by atoms with Crippen LogP contribution in [0.5, 0.6) is 5.75 Å². The maximum atomic E-state index is 12.5. The zero-order valence-corrected chi connectivity index (χ0v) is 18.8. The van der Waals surface area contributed by atoms with Crippen LogP contribution in [-0.4, -0.2) is 14.3 Å². The summed E-state index contributed by atoms with van der Waals surface area (Å²) in [5, 5.41) is 12.1. The number of carbonyl (C=O) groups excluding carboxylic acids is 1. The Labute approximate surface area is 189 Å². The lowest BCUT2D eigenvalue weighted by Gasteiger charge is -2.08. The van der Waals surface area contributed by atoms with Crippen LogP contribution in [-0.2, 0) is 14.9 Å². The van der Waals surface area contributed by atoms with Crippen LogP contribution in [0.1, 0.15) is 11.1 Å². The van der Waals surface area contributed by atoms with Crippen molar-refractivity contribution in [3.63, 3.8) is 0 Å². The first-order valence-corrected chi connectivity index (χ1v) is 11.3. The SMILES string of the molecule is Cc1ccc(S(=O)(=O)Oc2cccc(/C=C(\C#N)C(=O)Nc3ccccc3Br)c2)cc1. The van der Waals surface area contributed by atoms with Crippen molar-refractivity contribution in [1.29, 1.82) is 5.26 Å². The maximum absolute atomic E-state index is 12.5. The molecule has 8 heteroatoms. The molecule has 0 bridgehead atoms. The molecule has 0 atom stereocenters. The number of benzene rings is 3. The summed E-state index contributed by atoms with van der Waals surface area (Å²) >= 11 is 3.33. The van der Waals surface area contributed by atoms with E-state index in [-0.39, 0.29) is 16.2 Å². The van der Waals surface area contributed by atoms with Gasteiger partial charge in [0.1, 0.15) is 22.3 Å². The van der Waals surface area contributed by atoms with Gasteiger partial charge in [-0.05, 0) is 70.9 Å². The largest absolute Gasteiger partial charge is 0.379 e. The van der Waals surface area contributed by atoms with Crippen molar-refractivity contribution >= 4 is 43.7 Å². The Kier molecular flexibility index (Phi) is 6.90. The standard InChI is InChI=1S/C23H17BrN2O4S/c1-16-9-11-20(12-10-16)31(28,29)30-19-6-4-5-17(14-19)13-18(15-25)23(27)26-22-8-3-2-7-21(22)24/h2-14H,1H3,(H,26,27)/b18-13+. The molecule has 156 valence electrons. The minimum Gasteiger partial charge on any atom is -0.379 e. The zero-order valence-electron chi connectivity index (χ0n) is 16.4. The minimum atomic E-state index is -4.01. The van der Waals surface area contributed by atoms with Gasteiger partial charge in [0.25, 0.3) is 5.91 Å². The van der Waals surface area contributed by atoms with Crippen molar-refractivity contribution in [2.75, 3.05) is 5.32 Å². The summed E-state index contributed by atoms with van der Waals surface area (Å²) < 4.78 is 30.9. The highest BCUT2D eigenvalue weighted by molar-refractivity contribution is 9.10. The number of para-hydroxylation sites is 1. The normalized spacial score (nSPS) is 11.5. The fourth-order valence-electron chi connectivity index (χ4n) is 2.60. The molecule has 0 unspecified atom stereocenters. The van der Waals surface area contributed by atoms with Crippen molar-refractivity contribution < 1.29 is 17.4 Å². The first kappa shape index (κ1) is 22.3. The lowest BCUT2D eigenvalue weighted by atomic mass is 10.1. The van der Waals surface area contributed by atoms with E-state index in [2.05, 4.69) is 21.2 Å². The topological polar surface area (TPSA) is 96.3 Å². The number of rotatable bonds is 6. The van der Waals surface area contributed by atoms with Crippen LogP contribution in [0.2, 0.25) is 0 Å². The highest BCUT2D eigenvalue weighted by Crippen LogP contribution is 2.23. The van der Waals surface area contributed by atoms with E-state index in [1.807, 2.05) is 13.0 Å². The fraction of sp³-hybridized carbons (Fsp3) is 0.0435. The Morgan fingerprint density at radius 1 is 1.06 bits per heavy atom. The van der Waals surface area contributed by atoms with Crippen LogP contribution in [0.4, 0.5) is 5.69 Å². The van der Waals surface area contributed by atoms with Crippen LogP contribution < -0.4 is 9.50 Å². The van der Waals surface area contributed by atoms with E-state index in [1.165, 1.54) is 30.3 Å². The van der Waals surface area contributed by atoms with Gasteiger partial charge in [0.05, 0.1) is 5.69 Å². The molecule has 0 aliphatic carbocycles. The van der Waals surface area contributed by atoms with Gasteiger partial charge in [-0.15, -0.1) is 0 Å². The van der Waals surface area contributed by atoms with Crippen molar-refractivity contribution in [2.24, 2.45) is 0 Å². The molecule has 0 spiro atoms. The molecule has 31 heavy (non-hydrogen) atoms. The van der Waals surface area contributed by atoms with E-state index >= 15 is 0 Å². The predicted octanol–water partition coefficient (Wildman–Crippen LogP) is 5.07. The quantitative estimate of drug-likeness (QED) is 0.292. The third-order valence-electron chi connectivity index (χ3n) is 4.17. The van der Waals surface area contributed by atoms with Gasteiger partial charge in [0.15, 0.2) is 0 Å². The van der Waals surface area contributed by atoms with E-state index in [0.717, 1.165) is 5.56 Å². The van der Waals surface area contributed by atoms with Gasteiger partial charge in [0, 0.05) is 4.47 Å². The molecular weight excluding hydrogens is 480 g/mol. The molecular formula is C23H17BrN2O4S. The molecule has 0 aromatic heterocycles. The molecule has 0 fully saturated rings. The molecule has 0 saturated carbocycles. The number of halogens is 1. The van der Waals surface area contributed by atoms with Gasteiger partial charge in [-0.3, -0.25) is 4.79 Å². The lowest BCUT2D eigenvalue weighted by molar-refractivity contribution is -0.112. The number of anilines is 1. The number of amides is 1. The summed E-state index contributed by atoms with van der Waals surface area (Å²) in [6.45, 7) is 1.85. The van der Waals surface area contributed by atoms with E-state index in [0.29, 0.717) is 15.7 Å². The third kappa shape index (κ3) is 5.81. The van der Waals surface area contributed by atoms with Crippen LogP contribution in [0.3, 0.4) is 0 Å². The first-order chi connectivity index (χ1) is 14.8. The Balaban J connectivity index is 1.82. The van der Waals surface area contributed by atoms with Gasteiger partial charge >= 0.3 is 10.1 Å². The van der Waals surface area contributed by atoms with Gasteiger partial charge in [0.2, 0.25) is 0 Å². The summed E-state index contributed by atoms with van der Waals surface area (Å²) in [6, 6.07) is 21.3. The summed E-state index contributed by atoms with van der Waals surface area (Å²) in [5.41, 5.74) is 1.75. The number of hydrogen-bond acceptors (Lipinski definition) is 5. The molecule has 0 heterocycles. The monoisotopic (exact) mass is 496 g/mol. The van der Waals surface area contributed by atoms with Crippen molar-refractivity contribution in [2.45, 2.75) is 11.8 Å². The van der Waals surface area contributed by atoms with Crippen molar-refractivity contribution in [3.8, 4) is 11.8 Å². The summed E-state index contributed by atoms with van der Waals surface area (Å²) in [6.07, 6.45) is 1.36. The fourth-order valence-corrected chi connectivity index (χ4v) is 3.91. The second kappa shape index (κ2) is 9.60. The Morgan fingerprint density at radius 2 is 1.77 bits per heavy atom. The molecule has 0 radical (unpaired) electrons. The Morgan fingerprint density at radius 3 is 2.45 bits per heavy atom. The van der Waals surface area contributed by atoms with Crippen LogP contribution in [0, 0.1) is 18.3 Å². The van der Waals surface area contributed by atoms with Crippen molar-refractivity contribution in [3.05, 3.63) is 94.0 Å². The van der Waals surface area contributed by atoms with Gasteiger partial charge in [-0.25, -0.2) is 0 Å². The molecule has 0 aliphatic rings. The molecule has 3 rings (SSSR count). The number of hydrogen-bond donors (Lipinski definition) is 1. The molecule has 6 nitrogen and oxygen atoms in total. The second-order valence-corrected chi connectivity index (χ2v) is 8.93. The van der Waals surface area contributed by atoms with E-state index < -0.39 is 16.0 Å². The highest BCUT2D eigenvalue weighted by Gasteiger charge is 2.17. The minimum absolute atomic E-state index is 0.0320. The molecule has 1 N–H and O–H groups in total. The van der Waals surface area contributed by atoms with E-state index in [9.17, 15) is 18.5 Å². The zero-order chi connectivity index (χ0) is 22.4. The summed E-state index contributed by atoms with van der Waals surface area (Å²) in [7, 11) is -4.01. The van der Waals surface area contributed by atoms with Gasteiger partial charge in [-0.2, -0.15) is 13.7 Å². The summed E-state index contributed by atoms with van der Waals surface area (Å²) in [5.74, 6) is -0.522. The third-order valence-corrected chi connectivity index (χ3v) is 6.12. The Hall–Kier alpha value is -3.41. The van der Waals surface area contributed by atoms with Crippen molar-refractivity contribution in [1.82, 2.24) is 0 Å². The van der Waals surface area contributed by atoms with Gasteiger partial charge in [-0.1, -0.05) is 42.0 Å². The van der Waals surface area contributed by atoms with E-state index in [1.54, 1.807) is 48.5 Å². The molecule has 0 aliphatic heterocycles.